The van der Waals surface area contributed by atoms with Gasteiger partial charge in [-0.1, -0.05) is 11.6 Å². The predicted octanol–water partition coefficient (Wildman–Crippen LogP) is 0.867. The molecule has 0 aliphatic rings. The van der Waals surface area contributed by atoms with E-state index in [0.717, 1.165) is 0 Å². The minimum absolute atomic E-state index is 0.0498. The van der Waals surface area contributed by atoms with E-state index in [1.807, 2.05) is 0 Å². The van der Waals surface area contributed by atoms with Gasteiger partial charge in [0.2, 0.25) is 0 Å². The van der Waals surface area contributed by atoms with E-state index in [9.17, 15) is 4.79 Å². The fourth-order valence-electron chi connectivity index (χ4n) is 1.42. The second-order valence-corrected chi connectivity index (χ2v) is 4.56. The summed E-state index contributed by atoms with van der Waals surface area (Å²) in [4.78, 5) is 11.9. The fourth-order valence-corrected chi connectivity index (χ4v) is 1.60. The predicted molar refractivity (Wildman–Crippen MR) is 84.1 cm³/mol. The fraction of sp³-hybridized carbons (Fsp3) is 0.286. The monoisotopic (exact) mass is 324 g/mol. The Balaban J connectivity index is 2.53. The molecular formula is C14H17ClN4O3. The first-order valence-electron chi connectivity index (χ1n) is 6.47. The standard InChI is InChI=1S/C14H17ClN4O3/c15-12-7-11(1-2-13(12)17)19-14(21)10(8-16)9-18-3-5-22-6-4-20/h1-2,7,9,18,20H,3-6,17H2,(H,19,21)/b10-9-. The van der Waals surface area contributed by atoms with Gasteiger partial charge in [-0.3, -0.25) is 4.79 Å². The smallest absolute Gasteiger partial charge is 0.267 e. The summed E-state index contributed by atoms with van der Waals surface area (Å²) >= 11 is 5.85. The summed E-state index contributed by atoms with van der Waals surface area (Å²) in [6.45, 7) is 0.956. The maximum absolute atomic E-state index is 11.9. The van der Waals surface area contributed by atoms with Crippen molar-refractivity contribution in [1.29, 1.82) is 5.26 Å². The molecule has 0 unspecified atom stereocenters. The number of aliphatic hydroxyl groups excluding tert-OH is 1. The largest absolute Gasteiger partial charge is 0.398 e. The number of nitrogens with zero attached hydrogens (tertiary/aromatic N) is 1. The lowest BCUT2D eigenvalue weighted by atomic mass is 10.2. The van der Waals surface area contributed by atoms with Gasteiger partial charge in [-0.2, -0.15) is 5.26 Å². The van der Waals surface area contributed by atoms with Gasteiger partial charge >= 0.3 is 0 Å². The van der Waals surface area contributed by atoms with Gasteiger partial charge in [0.1, 0.15) is 11.6 Å². The molecule has 0 bridgehead atoms. The number of carbonyl (C=O) groups excluding carboxylic acids is 1. The molecule has 118 valence electrons. The van der Waals surface area contributed by atoms with Gasteiger partial charge in [-0.25, -0.2) is 0 Å². The van der Waals surface area contributed by atoms with Crippen LogP contribution in [0.4, 0.5) is 11.4 Å². The van der Waals surface area contributed by atoms with Crippen LogP contribution >= 0.6 is 11.6 Å². The van der Waals surface area contributed by atoms with Crippen LogP contribution in [0.15, 0.2) is 30.0 Å². The molecule has 1 rings (SSSR count). The lowest BCUT2D eigenvalue weighted by Crippen LogP contribution is -2.19. The van der Waals surface area contributed by atoms with Gasteiger partial charge in [0.15, 0.2) is 0 Å². The Hall–Kier alpha value is -2.27. The van der Waals surface area contributed by atoms with Gasteiger partial charge in [-0.05, 0) is 18.2 Å². The zero-order chi connectivity index (χ0) is 16.4. The topological polar surface area (TPSA) is 120 Å². The Kier molecular flexibility index (Phi) is 7.78. The van der Waals surface area contributed by atoms with Crippen LogP contribution in [0.1, 0.15) is 0 Å². The van der Waals surface area contributed by atoms with Crippen LogP contribution in [0.2, 0.25) is 5.02 Å². The second-order valence-electron chi connectivity index (χ2n) is 4.15. The number of nitriles is 1. The average Bonchev–Trinajstić information content (AvgIpc) is 2.50. The number of rotatable bonds is 8. The van der Waals surface area contributed by atoms with Crippen molar-refractivity contribution in [2.24, 2.45) is 0 Å². The minimum atomic E-state index is -0.563. The molecule has 0 atom stereocenters. The number of nitrogens with one attached hydrogen (secondary N) is 2. The van der Waals surface area contributed by atoms with E-state index in [-0.39, 0.29) is 18.8 Å². The molecule has 1 aromatic rings. The third-order valence-electron chi connectivity index (χ3n) is 2.50. The summed E-state index contributed by atoms with van der Waals surface area (Å²) in [5, 5.41) is 23.2. The SMILES string of the molecule is N#C/C(=C/NCCOCCO)C(=O)Nc1ccc(N)c(Cl)c1. The van der Waals surface area contributed by atoms with Crippen molar-refractivity contribution in [2.45, 2.75) is 0 Å². The van der Waals surface area contributed by atoms with Crippen molar-refractivity contribution < 1.29 is 14.6 Å². The zero-order valence-corrected chi connectivity index (χ0v) is 12.6. The molecule has 8 heteroatoms. The number of carbonyl (C=O) groups is 1. The van der Waals surface area contributed by atoms with E-state index in [1.165, 1.54) is 12.3 Å². The van der Waals surface area contributed by atoms with E-state index < -0.39 is 5.91 Å². The lowest BCUT2D eigenvalue weighted by molar-refractivity contribution is -0.112. The highest BCUT2D eigenvalue weighted by molar-refractivity contribution is 6.33. The van der Waals surface area contributed by atoms with E-state index in [2.05, 4.69) is 10.6 Å². The molecule has 0 radical (unpaired) electrons. The number of hydrogen-bond donors (Lipinski definition) is 4. The normalized spacial score (nSPS) is 10.9. The molecule has 0 spiro atoms. The second kappa shape index (κ2) is 9.63. The first-order chi connectivity index (χ1) is 10.6. The highest BCUT2D eigenvalue weighted by Gasteiger charge is 2.09. The number of benzene rings is 1. The van der Waals surface area contributed by atoms with E-state index in [4.69, 9.17) is 32.4 Å². The average molecular weight is 325 g/mol. The minimum Gasteiger partial charge on any atom is -0.398 e. The number of anilines is 2. The third kappa shape index (κ3) is 6.01. The van der Waals surface area contributed by atoms with Gasteiger partial charge in [0.05, 0.1) is 30.5 Å². The quantitative estimate of drug-likeness (QED) is 0.244. The molecule has 22 heavy (non-hydrogen) atoms. The van der Waals surface area contributed by atoms with Crippen molar-refractivity contribution in [3.63, 3.8) is 0 Å². The highest BCUT2D eigenvalue weighted by Crippen LogP contribution is 2.22. The number of aliphatic hydroxyl groups is 1. The highest BCUT2D eigenvalue weighted by atomic mass is 35.5. The Morgan fingerprint density at radius 1 is 1.50 bits per heavy atom. The molecule has 0 saturated heterocycles. The summed E-state index contributed by atoms with van der Waals surface area (Å²) in [7, 11) is 0. The van der Waals surface area contributed by atoms with Crippen LogP contribution in [0, 0.1) is 11.3 Å². The number of amides is 1. The van der Waals surface area contributed by atoms with E-state index in [0.29, 0.717) is 29.5 Å². The third-order valence-corrected chi connectivity index (χ3v) is 2.82. The van der Waals surface area contributed by atoms with Crippen molar-refractivity contribution in [3.05, 3.63) is 35.0 Å². The number of ether oxygens (including phenoxy) is 1. The summed E-state index contributed by atoms with van der Waals surface area (Å²) in [6.07, 6.45) is 1.30. The van der Waals surface area contributed by atoms with Crippen molar-refractivity contribution in [2.75, 3.05) is 37.4 Å². The maximum atomic E-state index is 11.9. The van der Waals surface area contributed by atoms with Crippen molar-refractivity contribution in [3.8, 4) is 6.07 Å². The van der Waals surface area contributed by atoms with Gasteiger partial charge in [0, 0.05) is 18.4 Å². The van der Waals surface area contributed by atoms with Gasteiger partial charge in [-0.15, -0.1) is 0 Å². The molecule has 7 nitrogen and oxygen atoms in total. The van der Waals surface area contributed by atoms with Crippen LogP contribution < -0.4 is 16.4 Å². The number of nitrogens with two attached hydrogens (primary N) is 1. The van der Waals surface area contributed by atoms with Crippen LogP contribution in [0.25, 0.3) is 0 Å². The molecule has 5 N–H and O–H groups in total. The van der Waals surface area contributed by atoms with Crippen molar-refractivity contribution >= 4 is 28.9 Å². The summed E-state index contributed by atoms with van der Waals surface area (Å²) in [5.74, 6) is -0.563. The Morgan fingerprint density at radius 2 is 2.27 bits per heavy atom. The number of halogens is 1. The number of hydrogen-bond acceptors (Lipinski definition) is 6. The molecular weight excluding hydrogens is 308 g/mol. The number of nitrogen functional groups attached to an aromatic ring is 1. The van der Waals surface area contributed by atoms with Crippen molar-refractivity contribution in [1.82, 2.24) is 5.32 Å². The molecule has 0 aliphatic heterocycles. The molecule has 0 aliphatic carbocycles. The molecule has 1 aromatic carbocycles. The van der Waals surface area contributed by atoms with Crippen LogP contribution in [0.3, 0.4) is 0 Å². The van der Waals surface area contributed by atoms with Gasteiger partial charge < -0.3 is 26.2 Å². The summed E-state index contributed by atoms with van der Waals surface area (Å²) < 4.78 is 5.03. The Morgan fingerprint density at radius 3 is 2.91 bits per heavy atom. The van der Waals surface area contributed by atoms with Crippen LogP contribution in [-0.4, -0.2) is 37.4 Å². The molecule has 1 amide bonds. The Labute approximate surface area is 133 Å². The first-order valence-corrected chi connectivity index (χ1v) is 6.85. The lowest BCUT2D eigenvalue weighted by Gasteiger charge is -2.07. The molecule has 0 saturated carbocycles. The molecule has 0 heterocycles. The molecule has 0 aromatic heterocycles. The molecule has 0 fully saturated rings. The van der Waals surface area contributed by atoms with Crippen LogP contribution in [-0.2, 0) is 9.53 Å². The van der Waals surface area contributed by atoms with E-state index in [1.54, 1.807) is 18.2 Å². The zero-order valence-electron chi connectivity index (χ0n) is 11.8. The van der Waals surface area contributed by atoms with E-state index >= 15 is 0 Å². The summed E-state index contributed by atoms with van der Waals surface area (Å²) in [5.41, 5.74) is 6.33. The van der Waals surface area contributed by atoms with Crippen LogP contribution in [0.5, 0.6) is 0 Å². The maximum Gasteiger partial charge on any atom is 0.267 e. The van der Waals surface area contributed by atoms with Gasteiger partial charge in [0.25, 0.3) is 5.91 Å². The first kappa shape index (κ1) is 17.8. The Bertz CT molecular complexity index is 584. The summed E-state index contributed by atoms with van der Waals surface area (Å²) in [6, 6.07) is 6.45.